The van der Waals surface area contributed by atoms with Gasteiger partial charge in [0.1, 0.15) is 11.5 Å². The fourth-order valence-corrected chi connectivity index (χ4v) is 3.25. The van der Waals surface area contributed by atoms with Gasteiger partial charge in [0.2, 0.25) is 0 Å². The van der Waals surface area contributed by atoms with E-state index < -0.39 is 0 Å². The molecule has 30 heavy (non-hydrogen) atoms. The first-order valence-corrected chi connectivity index (χ1v) is 9.62. The molecule has 0 atom stereocenters. The van der Waals surface area contributed by atoms with Crippen molar-refractivity contribution in [2.45, 2.75) is 20.4 Å². The first-order chi connectivity index (χ1) is 14.5. The number of nitrogens with zero attached hydrogens (tertiary/aromatic N) is 3. The Morgan fingerprint density at radius 2 is 1.80 bits per heavy atom. The quantitative estimate of drug-likeness (QED) is 0.532. The second-order valence-corrected chi connectivity index (χ2v) is 7.13. The maximum Gasteiger partial charge on any atom is 0.270 e. The Labute approximate surface area is 174 Å². The van der Waals surface area contributed by atoms with Crippen molar-refractivity contribution >= 4 is 5.91 Å². The van der Waals surface area contributed by atoms with Crippen LogP contribution in [0.4, 0.5) is 4.39 Å². The molecule has 0 aliphatic heterocycles. The van der Waals surface area contributed by atoms with Crippen LogP contribution >= 0.6 is 0 Å². The Hall–Kier alpha value is -3.80. The molecule has 0 spiro atoms. The third-order valence-corrected chi connectivity index (χ3v) is 4.89. The molecule has 4 rings (SSSR count). The largest absolute Gasteiger partial charge is 0.347 e. The number of hydrogen-bond donors (Lipinski definition) is 1. The van der Waals surface area contributed by atoms with E-state index in [1.165, 1.54) is 6.07 Å². The average Bonchev–Trinajstić information content (AvgIpc) is 3.20. The monoisotopic (exact) mass is 400 g/mol. The minimum Gasteiger partial charge on any atom is -0.347 e. The molecule has 0 saturated carbocycles. The zero-order valence-corrected chi connectivity index (χ0v) is 16.8. The zero-order valence-electron chi connectivity index (χ0n) is 16.8. The van der Waals surface area contributed by atoms with E-state index in [0.717, 1.165) is 22.4 Å². The van der Waals surface area contributed by atoms with Crippen LogP contribution in [0.15, 0.2) is 73.1 Å². The minimum atomic E-state index is -0.383. The van der Waals surface area contributed by atoms with Gasteiger partial charge in [-0.2, -0.15) is 5.10 Å². The highest BCUT2D eigenvalue weighted by Gasteiger charge is 2.20. The lowest BCUT2D eigenvalue weighted by Crippen LogP contribution is -2.25. The molecule has 1 amide bonds. The van der Waals surface area contributed by atoms with Crippen molar-refractivity contribution in [2.24, 2.45) is 0 Å². The summed E-state index contributed by atoms with van der Waals surface area (Å²) in [5.41, 5.74) is 4.83. The number of nitrogens with one attached hydrogen (secondary N) is 1. The summed E-state index contributed by atoms with van der Waals surface area (Å²) >= 11 is 0. The van der Waals surface area contributed by atoms with Crippen LogP contribution in [0.25, 0.3) is 16.9 Å². The maximum atomic E-state index is 14.4. The summed E-state index contributed by atoms with van der Waals surface area (Å²) in [6.07, 6.45) is 3.36. The number of carbonyl (C=O) groups excluding carboxylic acids is 1. The van der Waals surface area contributed by atoms with Crippen LogP contribution in [0.2, 0.25) is 0 Å². The Bertz CT molecular complexity index is 1200. The van der Waals surface area contributed by atoms with Crippen LogP contribution in [0.1, 0.15) is 27.2 Å². The van der Waals surface area contributed by atoms with Crippen LogP contribution < -0.4 is 5.32 Å². The van der Waals surface area contributed by atoms with Gasteiger partial charge in [0.05, 0.1) is 11.4 Å². The molecule has 4 aromatic rings. The van der Waals surface area contributed by atoms with Gasteiger partial charge in [-0.1, -0.05) is 24.3 Å². The van der Waals surface area contributed by atoms with Crippen molar-refractivity contribution in [1.29, 1.82) is 0 Å². The van der Waals surface area contributed by atoms with Gasteiger partial charge in [-0.15, -0.1) is 0 Å². The predicted octanol–water partition coefficient (Wildman–Crippen LogP) is 4.62. The number of aromatic nitrogens is 3. The number of aryl methyl sites for hydroxylation is 2. The third-order valence-electron chi connectivity index (χ3n) is 4.89. The van der Waals surface area contributed by atoms with Crippen molar-refractivity contribution in [3.63, 3.8) is 0 Å². The fourth-order valence-electron chi connectivity index (χ4n) is 3.25. The zero-order chi connectivity index (χ0) is 21.1. The molecule has 2 aromatic carbocycles. The van der Waals surface area contributed by atoms with E-state index in [1.807, 2.05) is 44.2 Å². The van der Waals surface area contributed by atoms with Gasteiger partial charge >= 0.3 is 0 Å². The smallest absolute Gasteiger partial charge is 0.270 e. The molecule has 0 bridgehead atoms. The van der Waals surface area contributed by atoms with Crippen molar-refractivity contribution in [3.05, 3.63) is 101 Å². The molecule has 0 aliphatic carbocycles. The fraction of sp³-hybridized carbons (Fsp3) is 0.125. The summed E-state index contributed by atoms with van der Waals surface area (Å²) in [5, 5.41) is 7.51. The minimum absolute atomic E-state index is 0.289. The maximum absolute atomic E-state index is 14.4. The number of carbonyl (C=O) groups is 1. The summed E-state index contributed by atoms with van der Waals surface area (Å²) < 4.78 is 16.0. The number of amides is 1. The van der Waals surface area contributed by atoms with Gasteiger partial charge < -0.3 is 5.32 Å². The molecular formula is C24H21FN4O. The third kappa shape index (κ3) is 3.98. The molecule has 2 aromatic heterocycles. The van der Waals surface area contributed by atoms with E-state index in [4.69, 9.17) is 0 Å². The van der Waals surface area contributed by atoms with Crippen LogP contribution in [0, 0.1) is 19.7 Å². The molecule has 5 nitrogen and oxygen atoms in total. The highest BCUT2D eigenvalue weighted by molar-refractivity contribution is 5.94. The summed E-state index contributed by atoms with van der Waals surface area (Å²) in [6.45, 7) is 4.29. The summed E-state index contributed by atoms with van der Waals surface area (Å²) in [5.74, 6) is -0.672. The van der Waals surface area contributed by atoms with E-state index in [0.29, 0.717) is 23.5 Å². The molecule has 2 heterocycles. The molecule has 0 unspecified atom stereocenters. The van der Waals surface area contributed by atoms with Gasteiger partial charge in [-0.3, -0.25) is 9.78 Å². The number of benzene rings is 2. The van der Waals surface area contributed by atoms with E-state index in [1.54, 1.807) is 41.3 Å². The second kappa shape index (κ2) is 8.29. The van der Waals surface area contributed by atoms with Crippen LogP contribution in [-0.4, -0.2) is 20.7 Å². The second-order valence-electron chi connectivity index (χ2n) is 7.13. The van der Waals surface area contributed by atoms with Crippen molar-refractivity contribution in [1.82, 2.24) is 20.1 Å². The standard InChI is InChI=1S/C24H21FN4O/c1-16-7-8-17(2)22(13-16)29-23(24(30)27-15-18-9-11-26-12-10-18)14-21(28-29)19-5-3-4-6-20(19)25/h3-14H,15H2,1-2H3,(H,27,30). The summed E-state index contributed by atoms with van der Waals surface area (Å²) in [4.78, 5) is 17.0. The average molecular weight is 400 g/mol. The Morgan fingerprint density at radius 1 is 1.03 bits per heavy atom. The van der Waals surface area contributed by atoms with Crippen molar-refractivity contribution in [2.75, 3.05) is 0 Å². The topological polar surface area (TPSA) is 59.8 Å². The molecule has 0 radical (unpaired) electrons. The van der Waals surface area contributed by atoms with E-state index in [-0.39, 0.29) is 11.7 Å². The molecule has 0 aliphatic rings. The van der Waals surface area contributed by atoms with E-state index in [9.17, 15) is 9.18 Å². The normalized spacial score (nSPS) is 10.8. The number of halogens is 1. The first-order valence-electron chi connectivity index (χ1n) is 9.62. The highest BCUT2D eigenvalue weighted by atomic mass is 19.1. The van der Waals surface area contributed by atoms with Crippen LogP contribution in [0.3, 0.4) is 0 Å². The van der Waals surface area contributed by atoms with Gasteiger partial charge in [0.15, 0.2) is 0 Å². The van der Waals surface area contributed by atoms with E-state index >= 15 is 0 Å². The predicted molar refractivity (Wildman–Crippen MR) is 114 cm³/mol. The van der Waals surface area contributed by atoms with Crippen molar-refractivity contribution < 1.29 is 9.18 Å². The van der Waals surface area contributed by atoms with Crippen LogP contribution in [-0.2, 0) is 6.54 Å². The molecular weight excluding hydrogens is 379 g/mol. The van der Waals surface area contributed by atoms with Gasteiger partial charge in [-0.25, -0.2) is 9.07 Å². The lowest BCUT2D eigenvalue weighted by molar-refractivity contribution is 0.0943. The number of hydrogen-bond acceptors (Lipinski definition) is 3. The Morgan fingerprint density at radius 3 is 2.57 bits per heavy atom. The van der Waals surface area contributed by atoms with Gasteiger partial charge in [0, 0.05) is 24.5 Å². The Balaban J connectivity index is 1.76. The lowest BCUT2D eigenvalue weighted by Gasteiger charge is -2.11. The SMILES string of the molecule is Cc1ccc(C)c(-n2nc(-c3ccccc3F)cc2C(=O)NCc2ccncc2)c1. The summed E-state index contributed by atoms with van der Waals surface area (Å²) in [6, 6.07) is 17.7. The number of pyridine rings is 1. The van der Waals surface area contributed by atoms with E-state index in [2.05, 4.69) is 15.4 Å². The first kappa shape index (κ1) is 19.5. The molecule has 150 valence electrons. The van der Waals surface area contributed by atoms with Gasteiger partial charge in [-0.05, 0) is 66.9 Å². The molecule has 1 N–H and O–H groups in total. The molecule has 0 fully saturated rings. The van der Waals surface area contributed by atoms with Crippen molar-refractivity contribution in [3.8, 4) is 16.9 Å². The van der Waals surface area contributed by atoms with Crippen LogP contribution in [0.5, 0.6) is 0 Å². The molecule has 0 saturated heterocycles. The Kier molecular flexibility index (Phi) is 5.39. The molecule has 6 heteroatoms. The number of rotatable bonds is 5. The summed E-state index contributed by atoms with van der Waals surface area (Å²) in [7, 11) is 0. The highest BCUT2D eigenvalue weighted by Crippen LogP contribution is 2.26. The van der Waals surface area contributed by atoms with Gasteiger partial charge in [0.25, 0.3) is 5.91 Å². The lowest BCUT2D eigenvalue weighted by atomic mass is 10.1.